The highest BCUT2D eigenvalue weighted by molar-refractivity contribution is 5.86. The van der Waals surface area contributed by atoms with Crippen molar-refractivity contribution in [1.82, 2.24) is 14.6 Å². The molecule has 1 N–H and O–H groups in total. The summed E-state index contributed by atoms with van der Waals surface area (Å²) >= 11 is 0. The number of rotatable bonds is 3. The Morgan fingerprint density at radius 1 is 1.25 bits per heavy atom. The highest BCUT2D eigenvalue weighted by atomic mass is 16.4. The highest BCUT2D eigenvalue weighted by Crippen LogP contribution is 2.11. The fourth-order valence-corrected chi connectivity index (χ4v) is 2.19. The number of benzene rings is 1. The summed E-state index contributed by atoms with van der Waals surface area (Å²) < 4.78 is 1.37. The van der Waals surface area contributed by atoms with Crippen molar-refractivity contribution in [3.8, 4) is 0 Å². The number of hydrogen-bond donors (Lipinski definition) is 1. The Kier molecular flexibility index (Phi) is 2.95. The molecule has 0 saturated heterocycles. The van der Waals surface area contributed by atoms with Crippen LogP contribution in [0.15, 0.2) is 42.5 Å². The van der Waals surface area contributed by atoms with Crippen molar-refractivity contribution < 1.29 is 9.90 Å². The largest absolute Gasteiger partial charge is 0.477 e. The Labute approximate surface area is 115 Å². The van der Waals surface area contributed by atoms with Crippen molar-refractivity contribution in [3.63, 3.8) is 0 Å². The maximum Gasteiger partial charge on any atom is 0.354 e. The van der Waals surface area contributed by atoms with Crippen molar-refractivity contribution in [3.05, 3.63) is 65.1 Å². The Morgan fingerprint density at radius 2 is 2.05 bits per heavy atom. The molecule has 3 aromatic rings. The second-order valence-electron chi connectivity index (χ2n) is 4.68. The molecule has 0 unspecified atom stereocenters. The molecule has 0 radical (unpaired) electrons. The van der Waals surface area contributed by atoms with E-state index in [4.69, 9.17) is 5.11 Å². The van der Waals surface area contributed by atoms with Crippen LogP contribution in [0.2, 0.25) is 0 Å². The number of nitrogens with zero attached hydrogens (tertiary/aromatic N) is 3. The molecule has 0 fully saturated rings. The van der Waals surface area contributed by atoms with Gasteiger partial charge in [-0.25, -0.2) is 14.3 Å². The number of carboxylic acids is 1. The first-order chi connectivity index (χ1) is 9.63. The first-order valence-corrected chi connectivity index (χ1v) is 6.27. The van der Waals surface area contributed by atoms with Gasteiger partial charge in [-0.05, 0) is 24.6 Å². The number of pyridine rings is 1. The molecule has 5 heteroatoms. The molecular weight excluding hydrogens is 254 g/mol. The lowest BCUT2D eigenvalue weighted by molar-refractivity contribution is 0.0687. The molecule has 0 aliphatic rings. The van der Waals surface area contributed by atoms with Gasteiger partial charge in [-0.3, -0.25) is 0 Å². The predicted octanol–water partition coefficient (Wildman–Crippen LogP) is 2.33. The SMILES string of the molecule is Cc1cccc(Cc2nc3cccc(C(=O)O)n3n2)c1. The van der Waals surface area contributed by atoms with E-state index in [9.17, 15) is 4.79 Å². The average molecular weight is 267 g/mol. The van der Waals surface area contributed by atoms with E-state index in [1.54, 1.807) is 12.1 Å². The van der Waals surface area contributed by atoms with Crippen molar-refractivity contribution in [2.45, 2.75) is 13.3 Å². The number of fused-ring (bicyclic) bond motifs is 1. The summed E-state index contributed by atoms with van der Waals surface area (Å²) in [7, 11) is 0. The summed E-state index contributed by atoms with van der Waals surface area (Å²) in [4.78, 5) is 15.5. The lowest BCUT2D eigenvalue weighted by atomic mass is 10.1. The van der Waals surface area contributed by atoms with Crippen molar-refractivity contribution >= 4 is 11.6 Å². The molecule has 2 aromatic heterocycles. The second kappa shape index (κ2) is 4.77. The summed E-state index contributed by atoms with van der Waals surface area (Å²) in [6, 6.07) is 13.0. The third kappa shape index (κ3) is 2.25. The van der Waals surface area contributed by atoms with E-state index in [2.05, 4.69) is 16.1 Å². The molecule has 5 nitrogen and oxygen atoms in total. The molecular formula is C15H13N3O2. The number of carboxylic acid groups (broad SMARTS) is 1. The standard InChI is InChI=1S/C15H13N3O2/c1-10-4-2-5-11(8-10)9-13-16-14-7-3-6-12(15(19)20)18(14)17-13/h2-8H,9H2,1H3,(H,19,20). The average Bonchev–Trinajstić information content (AvgIpc) is 2.80. The predicted molar refractivity (Wildman–Crippen MR) is 73.9 cm³/mol. The first kappa shape index (κ1) is 12.3. The van der Waals surface area contributed by atoms with E-state index in [0.29, 0.717) is 17.9 Å². The minimum atomic E-state index is -1.01. The normalized spacial score (nSPS) is 10.8. The van der Waals surface area contributed by atoms with Crippen LogP contribution in [-0.2, 0) is 6.42 Å². The third-order valence-corrected chi connectivity index (χ3v) is 3.07. The van der Waals surface area contributed by atoms with Crippen LogP contribution in [0.4, 0.5) is 0 Å². The summed E-state index contributed by atoms with van der Waals surface area (Å²) in [5.74, 6) is -0.396. The number of hydrogen-bond acceptors (Lipinski definition) is 3. The summed E-state index contributed by atoms with van der Waals surface area (Å²) in [5.41, 5.74) is 2.95. The zero-order valence-electron chi connectivity index (χ0n) is 10.9. The molecule has 0 aliphatic carbocycles. The van der Waals surface area contributed by atoms with Crippen LogP contribution in [0, 0.1) is 6.92 Å². The Balaban J connectivity index is 2.01. The minimum absolute atomic E-state index is 0.116. The van der Waals surface area contributed by atoms with Crippen LogP contribution >= 0.6 is 0 Å². The zero-order valence-corrected chi connectivity index (χ0v) is 10.9. The van der Waals surface area contributed by atoms with Gasteiger partial charge in [0.25, 0.3) is 0 Å². The summed E-state index contributed by atoms with van der Waals surface area (Å²) in [6.45, 7) is 2.03. The van der Waals surface area contributed by atoms with E-state index in [1.807, 2.05) is 25.1 Å². The fraction of sp³-hybridized carbons (Fsp3) is 0.133. The van der Waals surface area contributed by atoms with Gasteiger partial charge in [0.05, 0.1) is 0 Å². The van der Waals surface area contributed by atoms with E-state index in [0.717, 1.165) is 5.56 Å². The van der Waals surface area contributed by atoms with Crippen LogP contribution in [0.3, 0.4) is 0 Å². The van der Waals surface area contributed by atoms with E-state index >= 15 is 0 Å². The monoisotopic (exact) mass is 267 g/mol. The summed E-state index contributed by atoms with van der Waals surface area (Å²) in [5, 5.41) is 13.4. The molecule has 20 heavy (non-hydrogen) atoms. The van der Waals surface area contributed by atoms with E-state index in [1.165, 1.54) is 16.1 Å². The Bertz CT molecular complexity index is 793. The molecule has 1 aromatic carbocycles. The minimum Gasteiger partial charge on any atom is -0.477 e. The zero-order chi connectivity index (χ0) is 14.1. The summed E-state index contributed by atoms with van der Waals surface area (Å²) in [6.07, 6.45) is 0.586. The molecule has 0 saturated carbocycles. The number of aryl methyl sites for hydroxylation is 1. The lowest BCUT2D eigenvalue weighted by Crippen LogP contribution is -2.05. The topological polar surface area (TPSA) is 67.5 Å². The van der Waals surface area contributed by atoms with Gasteiger partial charge in [-0.15, -0.1) is 0 Å². The maximum absolute atomic E-state index is 11.1. The molecule has 0 aliphatic heterocycles. The van der Waals surface area contributed by atoms with Crippen LogP contribution in [-0.4, -0.2) is 25.7 Å². The number of aromatic carboxylic acids is 1. The molecule has 0 spiro atoms. The Hall–Kier alpha value is -2.69. The van der Waals surface area contributed by atoms with Crippen LogP contribution in [0.25, 0.3) is 5.65 Å². The first-order valence-electron chi connectivity index (χ1n) is 6.27. The fourth-order valence-electron chi connectivity index (χ4n) is 2.19. The molecule has 0 amide bonds. The lowest BCUT2D eigenvalue weighted by Gasteiger charge is -1.98. The van der Waals surface area contributed by atoms with Crippen LogP contribution in [0.5, 0.6) is 0 Å². The van der Waals surface area contributed by atoms with Crippen molar-refractivity contribution in [1.29, 1.82) is 0 Å². The van der Waals surface area contributed by atoms with Crippen LogP contribution < -0.4 is 0 Å². The van der Waals surface area contributed by atoms with Crippen molar-refractivity contribution in [2.75, 3.05) is 0 Å². The van der Waals surface area contributed by atoms with Gasteiger partial charge in [0.1, 0.15) is 0 Å². The van der Waals surface area contributed by atoms with Gasteiger partial charge in [-0.1, -0.05) is 35.9 Å². The molecule has 3 rings (SSSR count). The van der Waals surface area contributed by atoms with Gasteiger partial charge in [-0.2, -0.15) is 5.10 Å². The molecule has 100 valence electrons. The molecule has 0 atom stereocenters. The van der Waals surface area contributed by atoms with E-state index < -0.39 is 5.97 Å². The highest BCUT2D eigenvalue weighted by Gasteiger charge is 2.12. The molecule has 0 bridgehead atoms. The number of carbonyl (C=O) groups is 1. The van der Waals surface area contributed by atoms with Crippen molar-refractivity contribution in [2.24, 2.45) is 0 Å². The maximum atomic E-state index is 11.1. The third-order valence-electron chi connectivity index (χ3n) is 3.07. The van der Waals surface area contributed by atoms with Gasteiger partial charge < -0.3 is 5.11 Å². The Morgan fingerprint density at radius 3 is 2.80 bits per heavy atom. The molecule has 2 heterocycles. The van der Waals surface area contributed by atoms with E-state index in [-0.39, 0.29) is 5.69 Å². The quantitative estimate of drug-likeness (QED) is 0.790. The van der Waals surface area contributed by atoms with Gasteiger partial charge in [0.15, 0.2) is 17.2 Å². The van der Waals surface area contributed by atoms with Crippen LogP contribution in [0.1, 0.15) is 27.4 Å². The smallest absolute Gasteiger partial charge is 0.354 e. The van der Waals surface area contributed by atoms with Gasteiger partial charge in [0, 0.05) is 6.42 Å². The second-order valence-corrected chi connectivity index (χ2v) is 4.68. The van der Waals surface area contributed by atoms with Gasteiger partial charge >= 0.3 is 5.97 Å². The van der Waals surface area contributed by atoms with Gasteiger partial charge in [0.2, 0.25) is 0 Å². The number of aromatic nitrogens is 3.